The zero-order valence-corrected chi connectivity index (χ0v) is 21.1. The lowest BCUT2D eigenvalue weighted by molar-refractivity contribution is 0.0684. The lowest BCUT2D eigenvalue weighted by Gasteiger charge is -2.12. The van der Waals surface area contributed by atoms with Crippen LogP contribution in [0.2, 0.25) is 0 Å². The maximum Gasteiger partial charge on any atom is 0.417 e. The lowest BCUT2D eigenvalue weighted by Crippen LogP contribution is -2.22. The molecule has 9 nitrogen and oxygen atoms in total. The number of halogens is 4. The second-order valence-electron chi connectivity index (χ2n) is 8.15. The molecule has 4 rings (SSSR count). The molecule has 41 heavy (non-hydrogen) atoms. The highest BCUT2D eigenvalue weighted by Gasteiger charge is 2.33. The number of amides is 2. The fraction of sp³-hybridized carbons (Fsp3) is 0. The van der Waals surface area contributed by atoms with Gasteiger partial charge in [0.05, 0.1) is 15.4 Å². The van der Waals surface area contributed by atoms with E-state index in [9.17, 15) is 40.4 Å². The molecule has 4 aromatic carbocycles. The van der Waals surface area contributed by atoms with E-state index in [0.717, 1.165) is 24.3 Å². The van der Waals surface area contributed by atoms with E-state index in [-0.39, 0.29) is 22.0 Å². The van der Waals surface area contributed by atoms with Crippen LogP contribution < -0.4 is 15.4 Å². The molecular weight excluding hydrogens is 572 g/mol. The van der Waals surface area contributed by atoms with Crippen LogP contribution >= 0.6 is 0 Å². The first-order valence-corrected chi connectivity index (χ1v) is 12.8. The van der Waals surface area contributed by atoms with E-state index in [1.807, 2.05) is 5.32 Å². The molecule has 210 valence electrons. The Morgan fingerprint density at radius 1 is 0.659 bits per heavy atom. The molecule has 0 aromatic heterocycles. The highest BCUT2D eigenvalue weighted by molar-refractivity contribution is 7.91. The Bertz CT molecular complexity index is 1800. The molecular formula is C27H16F4N2O7S. The Kier molecular flexibility index (Phi) is 8.05. The van der Waals surface area contributed by atoms with Gasteiger partial charge in [-0.05, 0) is 48.5 Å². The molecule has 0 atom stereocenters. The van der Waals surface area contributed by atoms with E-state index in [4.69, 9.17) is 9.84 Å². The number of carbonyl (C=O) groups excluding carboxylic acids is 2. The summed E-state index contributed by atoms with van der Waals surface area (Å²) >= 11 is 0. The number of anilines is 2. The van der Waals surface area contributed by atoms with Gasteiger partial charge in [0.25, 0.3) is 5.91 Å². The number of carboxylic acids is 1. The maximum absolute atomic E-state index is 14.3. The summed E-state index contributed by atoms with van der Waals surface area (Å²) in [5.74, 6) is -13.1. The van der Waals surface area contributed by atoms with E-state index < -0.39 is 67.1 Å². The molecule has 0 aliphatic carbocycles. The van der Waals surface area contributed by atoms with Crippen LogP contribution in [-0.2, 0) is 9.84 Å². The van der Waals surface area contributed by atoms with Gasteiger partial charge in [0.1, 0.15) is 11.3 Å². The predicted octanol–water partition coefficient (Wildman–Crippen LogP) is 5.64. The zero-order valence-electron chi connectivity index (χ0n) is 20.3. The summed E-state index contributed by atoms with van der Waals surface area (Å²) in [4.78, 5) is 35.4. The summed E-state index contributed by atoms with van der Waals surface area (Å²) in [7, 11) is -4.31. The Balaban J connectivity index is 1.59. The average molecular weight is 588 g/mol. The lowest BCUT2D eigenvalue weighted by atomic mass is 10.0. The smallest absolute Gasteiger partial charge is 0.417 e. The number of rotatable bonds is 7. The molecule has 0 saturated carbocycles. The van der Waals surface area contributed by atoms with E-state index in [2.05, 4.69) is 5.32 Å². The van der Waals surface area contributed by atoms with Crippen molar-refractivity contribution in [1.29, 1.82) is 0 Å². The number of nitrogens with one attached hydrogen (secondary N) is 2. The van der Waals surface area contributed by atoms with Crippen LogP contribution in [0, 0.1) is 23.3 Å². The summed E-state index contributed by atoms with van der Waals surface area (Å²) in [6.45, 7) is 0. The van der Waals surface area contributed by atoms with Crippen molar-refractivity contribution in [3.05, 3.63) is 113 Å². The van der Waals surface area contributed by atoms with E-state index >= 15 is 0 Å². The fourth-order valence-corrected chi connectivity index (χ4v) is 4.95. The largest absolute Gasteiger partial charge is 0.478 e. The van der Waals surface area contributed by atoms with Gasteiger partial charge in [0.15, 0.2) is 23.3 Å². The standard InChI is InChI=1S/C27H16F4N2O7S/c28-21-19(20(26(35)36)22(29)24(31)23(21)30)25(34)32-14-6-4-10-17(12-14)41(38,39)18-11-5-7-15(13-18)33-27(37)40-16-8-2-1-3-9-16/h1-13H,(H,32,34)(H,33,37)(H,35,36). The molecule has 2 amide bonds. The van der Waals surface area contributed by atoms with Crippen LogP contribution in [-0.4, -0.2) is 31.5 Å². The highest BCUT2D eigenvalue weighted by Crippen LogP contribution is 2.28. The first-order valence-electron chi connectivity index (χ1n) is 11.3. The van der Waals surface area contributed by atoms with Crippen LogP contribution in [0.15, 0.2) is 88.7 Å². The highest BCUT2D eigenvalue weighted by atomic mass is 32.2. The maximum atomic E-state index is 14.3. The van der Waals surface area contributed by atoms with Gasteiger partial charge in [0.2, 0.25) is 9.84 Å². The number of hydrogen-bond acceptors (Lipinski definition) is 6. The van der Waals surface area contributed by atoms with E-state index in [1.54, 1.807) is 18.2 Å². The number of sulfone groups is 1. The van der Waals surface area contributed by atoms with Crippen molar-refractivity contribution in [2.45, 2.75) is 9.79 Å². The SMILES string of the molecule is O=C(Nc1cccc(S(=O)(=O)c2cccc(NC(=O)c3c(F)c(F)c(F)c(F)c3C(=O)O)c2)c1)Oc1ccccc1. The summed E-state index contributed by atoms with van der Waals surface area (Å²) < 4.78 is 87.3. The van der Waals surface area contributed by atoms with Crippen molar-refractivity contribution in [2.24, 2.45) is 0 Å². The quantitative estimate of drug-likeness (QED) is 0.144. The second-order valence-corrected chi connectivity index (χ2v) is 10.1. The summed E-state index contributed by atoms with van der Waals surface area (Å²) in [6, 6.07) is 17.5. The Morgan fingerprint density at radius 2 is 1.17 bits per heavy atom. The molecule has 0 heterocycles. The number of ether oxygens (including phenoxy) is 1. The molecule has 0 saturated heterocycles. The van der Waals surface area contributed by atoms with Gasteiger partial charge in [-0.3, -0.25) is 10.1 Å². The molecule has 0 bridgehead atoms. The summed E-state index contributed by atoms with van der Waals surface area (Å²) in [5, 5.41) is 13.5. The molecule has 0 aliphatic heterocycles. The van der Waals surface area contributed by atoms with Gasteiger partial charge in [-0.1, -0.05) is 30.3 Å². The predicted molar refractivity (Wildman–Crippen MR) is 136 cm³/mol. The van der Waals surface area contributed by atoms with Crippen LogP contribution in [0.1, 0.15) is 20.7 Å². The van der Waals surface area contributed by atoms with Gasteiger partial charge in [-0.25, -0.2) is 35.6 Å². The van der Waals surface area contributed by atoms with Crippen molar-refractivity contribution in [3.8, 4) is 5.75 Å². The number of carboxylic acid groups (broad SMARTS) is 1. The number of para-hydroxylation sites is 1. The number of hydrogen-bond donors (Lipinski definition) is 3. The van der Waals surface area contributed by atoms with Gasteiger partial charge in [0, 0.05) is 11.4 Å². The first-order chi connectivity index (χ1) is 19.4. The molecule has 14 heteroatoms. The Labute approximate surface area is 228 Å². The number of benzene rings is 4. The second kappa shape index (κ2) is 11.5. The molecule has 0 radical (unpaired) electrons. The molecule has 0 aliphatic rings. The van der Waals surface area contributed by atoms with Gasteiger partial charge < -0.3 is 15.2 Å². The average Bonchev–Trinajstić information content (AvgIpc) is 2.94. The van der Waals surface area contributed by atoms with Gasteiger partial charge >= 0.3 is 12.1 Å². The van der Waals surface area contributed by atoms with Crippen LogP contribution in [0.4, 0.5) is 33.7 Å². The van der Waals surface area contributed by atoms with Crippen LogP contribution in [0.5, 0.6) is 5.75 Å². The molecule has 3 N–H and O–H groups in total. The molecule has 0 spiro atoms. The molecule has 0 unspecified atom stereocenters. The zero-order chi connectivity index (χ0) is 29.9. The van der Waals surface area contributed by atoms with Gasteiger partial charge in [-0.2, -0.15) is 0 Å². The summed E-state index contributed by atoms with van der Waals surface area (Å²) in [5.41, 5.74) is -3.66. The van der Waals surface area contributed by atoms with Crippen LogP contribution in [0.25, 0.3) is 0 Å². The number of aromatic carboxylic acids is 1. The summed E-state index contributed by atoms with van der Waals surface area (Å²) in [6.07, 6.45) is -0.892. The third kappa shape index (κ3) is 6.01. The molecule has 0 fully saturated rings. The minimum atomic E-state index is -4.31. The van der Waals surface area contributed by atoms with Crippen molar-refractivity contribution in [3.63, 3.8) is 0 Å². The van der Waals surface area contributed by atoms with Crippen molar-refractivity contribution >= 4 is 39.2 Å². The van der Waals surface area contributed by atoms with Crippen LogP contribution in [0.3, 0.4) is 0 Å². The van der Waals surface area contributed by atoms with Crippen molar-refractivity contribution in [1.82, 2.24) is 0 Å². The fourth-order valence-electron chi connectivity index (χ4n) is 3.60. The first kappa shape index (κ1) is 28.8. The van der Waals surface area contributed by atoms with Gasteiger partial charge in [-0.15, -0.1) is 0 Å². The Hall–Kier alpha value is -5.24. The third-order valence-corrected chi connectivity index (χ3v) is 7.20. The van der Waals surface area contributed by atoms with Crippen molar-refractivity contribution < 1.29 is 50.2 Å². The minimum Gasteiger partial charge on any atom is -0.478 e. The minimum absolute atomic E-state index is 0.0634. The van der Waals surface area contributed by atoms with Crippen molar-refractivity contribution in [2.75, 3.05) is 10.6 Å². The van der Waals surface area contributed by atoms with E-state index in [0.29, 0.717) is 0 Å². The normalized spacial score (nSPS) is 11.0. The number of carbonyl (C=O) groups is 3. The molecule has 4 aromatic rings. The topological polar surface area (TPSA) is 139 Å². The monoisotopic (exact) mass is 588 g/mol. The third-order valence-electron chi connectivity index (χ3n) is 5.45. The Morgan fingerprint density at radius 3 is 1.71 bits per heavy atom. The van der Waals surface area contributed by atoms with E-state index in [1.165, 1.54) is 36.4 Å².